The molecule has 0 aliphatic carbocycles. The van der Waals surface area contributed by atoms with E-state index in [-0.39, 0.29) is 45.6 Å². The second-order valence-corrected chi connectivity index (χ2v) is 1.16. The van der Waals surface area contributed by atoms with E-state index >= 15 is 0 Å². The zero-order valence-corrected chi connectivity index (χ0v) is 10.4. The third-order valence-electron chi connectivity index (χ3n) is 0. The topological polar surface area (TPSA) is 69.2 Å². The summed E-state index contributed by atoms with van der Waals surface area (Å²) in [4.78, 5) is 0. The van der Waals surface area contributed by atoms with Gasteiger partial charge in [-0.3, -0.25) is 0 Å². The first-order chi connectivity index (χ1) is 1.73. The number of rotatable bonds is 0. The average molecular weight is 307 g/mol. The molecule has 6 heteroatoms. The fourth-order valence-corrected chi connectivity index (χ4v) is 0. The van der Waals surface area contributed by atoms with Crippen LogP contribution in [0.4, 0.5) is 0 Å². The van der Waals surface area contributed by atoms with Crippen molar-refractivity contribution in [1.29, 1.82) is 0 Å². The molecule has 0 radical (unpaired) electrons. The van der Waals surface area contributed by atoms with Gasteiger partial charge in [-0.25, -0.2) is 0 Å². The Kier molecular flexibility index (Phi) is 26.2. The molecule has 0 saturated carbocycles. The molecule has 0 bridgehead atoms. The van der Waals surface area contributed by atoms with Gasteiger partial charge >= 0.3 is 73.6 Å². The molecule has 0 rings (SSSR count). The molecular weight excluding hydrogens is 307 g/mol. The molecule has 0 spiro atoms. The molecule has 0 aliphatic heterocycles. The van der Waals surface area contributed by atoms with Crippen LogP contribution in [0.25, 0.3) is 0 Å². The van der Waals surface area contributed by atoms with E-state index < -0.39 is 15.7 Å². The van der Waals surface area contributed by atoms with Crippen LogP contribution in [-0.4, -0.2) is 61.3 Å². The van der Waals surface area contributed by atoms with Crippen molar-refractivity contribution < 1.29 is 12.3 Å². The van der Waals surface area contributed by atoms with Crippen LogP contribution in [0.3, 0.4) is 0 Å². The Morgan fingerprint density at radius 2 is 1.00 bits per heavy atom. The van der Waals surface area contributed by atoms with Gasteiger partial charge in [-0.1, -0.05) is 0 Å². The molecule has 0 saturated heterocycles. The molecule has 0 amide bonds. The second-order valence-electron chi connectivity index (χ2n) is 0.224. The molecule has 6 heavy (non-hydrogen) atoms. The second kappa shape index (κ2) is 10.0. The summed E-state index contributed by atoms with van der Waals surface area (Å²) in [5.74, 6) is 0. The van der Waals surface area contributed by atoms with Gasteiger partial charge in [0.1, 0.15) is 0 Å². The number of hydrogen-bond donors (Lipinski definition) is 0. The third kappa shape index (κ3) is 38.4. The summed E-state index contributed by atoms with van der Waals surface area (Å²) in [5.41, 5.74) is 0. The minimum absolute atomic E-state index is 0. The maximum absolute atomic E-state index is 8.56. The first-order valence-corrected chi connectivity index (χ1v) is 2.85. The Morgan fingerprint density at radius 1 is 1.00 bits per heavy atom. The molecule has 26 valence electrons. The molecule has 3 nitrogen and oxygen atoms in total. The van der Waals surface area contributed by atoms with Crippen LogP contribution in [0.1, 0.15) is 0 Å². The Bertz CT molecular complexity index is 15.5. The third-order valence-corrected chi connectivity index (χ3v) is 0. The summed E-state index contributed by atoms with van der Waals surface area (Å²) in [6.07, 6.45) is 0. The monoisotopic (exact) mass is 307 g/mol. The van der Waals surface area contributed by atoms with Gasteiger partial charge in [-0.05, 0) is 0 Å². The summed E-state index contributed by atoms with van der Waals surface area (Å²) < 4.78 is 25.7. The van der Waals surface area contributed by atoms with Gasteiger partial charge < -0.3 is 0 Å². The van der Waals surface area contributed by atoms with Gasteiger partial charge in [-0.15, -0.1) is 0 Å². The summed E-state index contributed by atoms with van der Waals surface area (Å²) in [5, 5.41) is 0. The van der Waals surface area contributed by atoms with Crippen LogP contribution in [0, 0.1) is 0 Å². The van der Waals surface area contributed by atoms with E-state index in [9.17, 15) is 0 Å². The molecule has 0 aromatic heterocycles. The quantitative estimate of drug-likeness (QED) is 0.422. The van der Waals surface area contributed by atoms with Crippen molar-refractivity contribution in [2.75, 3.05) is 0 Å². The maximum atomic E-state index is 8.56. The average Bonchev–Trinajstić information content (AvgIpc) is 0.811. The van der Waals surface area contributed by atoms with Crippen LogP contribution < -0.4 is 12.3 Å². The van der Waals surface area contributed by atoms with Crippen molar-refractivity contribution in [2.24, 2.45) is 0 Å². The van der Waals surface area contributed by atoms with Crippen LogP contribution in [0.15, 0.2) is 0 Å². The summed E-state index contributed by atoms with van der Waals surface area (Å²) in [6, 6.07) is 0. The zero-order chi connectivity index (χ0) is 3.58. The van der Waals surface area contributed by atoms with Crippen molar-refractivity contribution >= 4 is 61.3 Å². The Balaban J connectivity index is -0.0000000450. The van der Waals surface area contributed by atoms with Gasteiger partial charge in [-0.2, -0.15) is 0 Å². The van der Waals surface area contributed by atoms with Crippen LogP contribution in [0.5, 0.6) is 0 Å². The van der Waals surface area contributed by atoms with E-state index in [0.717, 1.165) is 0 Å². The number of hydrogen-bond acceptors (Lipinski definition) is 3. The van der Waals surface area contributed by atoms with Crippen molar-refractivity contribution in [3.8, 4) is 0 Å². The van der Waals surface area contributed by atoms with Gasteiger partial charge in [0.05, 0.1) is 0 Å². The van der Waals surface area contributed by atoms with E-state index in [1.165, 1.54) is 0 Å². The molecule has 0 aromatic rings. The van der Waals surface area contributed by atoms with E-state index in [4.69, 9.17) is 12.3 Å². The summed E-state index contributed by atoms with van der Waals surface area (Å²) >= 11 is -3.94. The normalized spacial score (nSPS) is 6.00. The van der Waals surface area contributed by atoms with Crippen molar-refractivity contribution in [3.05, 3.63) is 0 Å². The van der Waals surface area contributed by atoms with Gasteiger partial charge in [0.15, 0.2) is 0 Å². The van der Waals surface area contributed by atoms with Crippen LogP contribution in [-0.2, 0) is 0 Å². The molecule has 0 aliphatic rings. The van der Waals surface area contributed by atoms with E-state index in [1.54, 1.807) is 0 Å². The predicted octanol–water partition coefficient (Wildman–Crippen LogP) is -4.71. The molecule has 0 heterocycles. The predicted molar refractivity (Wildman–Crippen MR) is 17.3 cm³/mol. The van der Waals surface area contributed by atoms with Gasteiger partial charge in [0.25, 0.3) is 0 Å². The summed E-state index contributed by atoms with van der Waals surface area (Å²) in [6.45, 7) is 0. The van der Waals surface area contributed by atoms with E-state index in [2.05, 4.69) is 0 Å². The zero-order valence-electron chi connectivity index (χ0n) is 2.83. The Labute approximate surface area is 72.9 Å². The minimum atomic E-state index is -3.94. The summed E-state index contributed by atoms with van der Waals surface area (Å²) in [7, 11) is 0. The molecule has 0 aromatic carbocycles. The Hall–Kier alpha value is 1.94. The standard InChI is InChI=1S/AsO3.Ga.In/c2-1(3)4;;/q-3;2*+3. The van der Waals surface area contributed by atoms with Crippen molar-refractivity contribution in [2.45, 2.75) is 0 Å². The SMILES string of the molecule is [Ga+3].[In+3].[O-][As]([O-])[O-]. The van der Waals surface area contributed by atoms with Crippen LogP contribution in [0.2, 0.25) is 0 Å². The van der Waals surface area contributed by atoms with E-state index in [1.807, 2.05) is 0 Å². The van der Waals surface area contributed by atoms with Crippen LogP contribution >= 0.6 is 0 Å². The van der Waals surface area contributed by atoms with E-state index in [0.29, 0.717) is 0 Å². The van der Waals surface area contributed by atoms with Crippen molar-refractivity contribution in [3.63, 3.8) is 0 Å². The fraction of sp³-hybridized carbons (Fsp3) is 0. The molecular formula is AsGaInO3+3. The van der Waals surface area contributed by atoms with Gasteiger partial charge in [0.2, 0.25) is 0 Å². The molecule has 0 fully saturated rings. The molecule has 0 unspecified atom stereocenters. The van der Waals surface area contributed by atoms with Crippen molar-refractivity contribution in [1.82, 2.24) is 0 Å². The fourth-order valence-electron chi connectivity index (χ4n) is 0. The molecule has 0 atom stereocenters. The first-order valence-electron chi connectivity index (χ1n) is 0.548. The first kappa shape index (κ1) is 15.7. The Morgan fingerprint density at radius 3 is 1.00 bits per heavy atom. The molecule has 0 N–H and O–H groups in total. The van der Waals surface area contributed by atoms with Gasteiger partial charge in [0, 0.05) is 0 Å².